The fraction of sp³-hybridized carbons (Fsp3) is 0.632. The van der Waals surface area contributed by atoms with E-state index < -0.39 is 10.0 Å². The summed E-state index contributed by atoms with van der Waals surface area (Å²) in [6.07, 6.45) is 5.78. The van der Waals surface area contributed by atoms with E-state index in [4.69, 9.17) is 11.6 Å². The standard InChI is InChI=1S/C19H25ClN2O3S/c20-17-3-1-2-4-18(17)26(24,25)22-9-7-21(8-10-22)19(23)13-16-12-14-5-6-15(16)11-14/h1-4,14-16H,5-13H2/t14-,15-,16-/m1/s1. The number of rotatable bonds is 4. The van der Waals surface area contributed by atoms with Crippen LogP contribution in [0.1, 0.15) is 32.1 Å². The summed E-state index contributed by atoms with van der Waals surface area (Å²) in [6, 6.07) is 6.51. The molecule has 3 fully saturated rings. The number of carbonyl (C=O) groups is 1. The molecule has 0 spiro atoms. The third-order valence-electron chi connectivity index (χ3n) is 6.37. The topological polar surface area (TPSA) is 57.7 Å². The van der Waals surface area contributed by atoms with Crippen molar-refractivity contribution in [2.24, 2.45) is 17.8 Å². The van der Waals surface area contributed by atoms with E-state index in [0.717, 1.165) is 11.8 Å². The average Bonchev–Trinajstić information content (AvgIpc) is 3.25. The van der Waals surface area contributed by atoms with Crippen LogP contribution in [0.5, 0.6) is 0 Å². The number of sulfonamides is 1. The maximum Gasteiger partial charge on any atom is 0.244 e. The van der Waals surface area contributed by atoms with Crippen molar-refractivity contribution in [3.8, 4) is 0 Å². The van der Waals surface area contributed by atoms with Gasteiger partial charge in [-0.3, -0.25) is 4.79 Å². The first-order chi connectivity index (χ1) is 12.4. The fourth-order valence-electron chi connectivity index (χ4n) is 4.95. The van der Waals surface area contributed by atoms with E-state index in [1.54, 1.807) is 18.2 Å². The van der Waals surface area contributed by atoms with Crippen molar-refractivity contribution in [2.45, 2.75) is 37.0 Å². The van der Waals surface area contributed by atoms with Gasteiger partial charge in [0, 0.05) is 32.6 Å². The maximum atomic E-state index is 12.8. The lowest BCUT2D eigenvalue weighted by molar-refractivity contribution is -0.133. The molecule has 0 unspecified atom stereocenters. The number of hydrogen-bond acceptors (Lipinski definition) is 3. The van der Waals surface area contributed by atoms with Crippen LogP contribution in [-0.4, -0.2) is 49.7 Å². The smallest absolute Gasteiger partial charge is 0.244 e. The van der Waals surface area contributed by atoms with Crippen molar-refractivity contribution in [1.82, 2.24) is 9.21 Å². The molecular weight excluding hydrogens is 372 g/mol. The summed E-state index contributed by atoms with van der Waals surface area (Å²) in [5.41, 5.74) is 0. The molecule has 26 heavy (non-hydrogen) atoms. The molecule has 0 N–H and O–H groups in total. The number of benzene rings is 1. The third-order valence-corrected chi connectivity index (χ3v) is 8.77. The lowest BCUT2D eigenvalue weighted by Crippen LogP contribution is -2.50. The van der Waals surface area contributed by atoms with Crippen LogP contribution in [-0.2, 0) is 14.8 Å². The normalized spacial score (nSPS) is 29.3. The summed E-state index contributed by atoms with van der Waals surface area (Å²) in [4.78, 5) is 14.6. The molecular formula is C19H25ClN2O3S. The lowest BCUT2D eigenvalue weighted by atomic mass is 9.86. The lowest BCUT2D eigenvalue weighted by Gasteiger charge is -2.35. The number of fused-ring (bicyclic) bond motifs is 2. The highest BCUT2D eigenvalue weighted by atomic mass is 35.5. The van der Waals surface area contributed by atoms with E-state index in [-0.39, 0.29) is 15.8 Å². The molecule has 1 aromatic rings. The molecule has 2 bridgehead atoms. The predicted octanol–water partition coefficient (Wildman–Crippen LogP) is 3.00. The van der Waals surface area contributed by atoms with Gasteiger partial charge in [0.05, 0.1) is 5.02 Å². The molecule has 142 valence electrons. The summed E-state index contributed by atoms with van der Waals surface area (Å²) in [5.74, 6) is 2.32. The van der Waals surface area contributed by atoms with Gasteiger partial charge in [-0.05, 0) is 49.1 Å². The van der Waals surface area contributed by atoms with Gasteiger partial charge in [-0.1, -0.05) is 30.2 Å². The van der Waals surface area contributed by atoms with E-state index in [2.05, 4.69) is 0 Å². The molecule has 4 rings (SSSR count). The largest absolute Gasteiger partial charge is 0.340 e. The summed E-state index contributed by atoms with van der Waals surface area (Å²) < 4.78 is 27.0. The molecule has 1 aromatic carbocycles. The van der Waals surface area contributed by atoms with Gasteiger partial charge >= 0.3 is 0 Å². The minimum atomic E-state index is -3.61. The van der Waals surface area contributed by atoms with E-state index in [0.29, 0.717) is 38.5 Å². The highest BCUT2D eigenvalue weighted by molar-refractivity contribution is 7.89. The zero-order valence-electron chi connectivity index (χ0n) is 14.8. The van der Waals surface area contributed by atoms with E-state index in [9.17, 15) is 13.2 Å². The molecule has 1 amide bonds. The zero-order chi connectivity index (χ0) is 18.3. The van der Waals surface area contributed by atoms with Crippen LogP contribution in [0.25, 0.3) is 0 Å². The first-order valence-electron chi connectivity index (χ1n) is 9.47. The molecule has 7 heteroatoms. The molecule has 3 aliphatic rings. The van der Waals surface area contributed by atoms with Gasteiger partial charge < -0.3 is 4.90 Å². The summed E-state index contributed by atoms with van der Waals surface area (Å²) in [6.45, 7) is 1.58. The van der Waals surface area contributed by atoms with Crippen LogP contribution in [0, 0.1) is 17.8 Å². The highest BCUT2D eigenvalue weighted by Crippen LogP contribution is 2.49. The van der Waals surface area contributed by atoms with Gasteiger partial charge in [0.25, 0.3) is 0 Å². The molecule has 3 atom stereocenters. The Morgan fingerprint density at radius 3 is 2.42 bits per heavy atom. The first kappa shape index (κ1) is 18.3. The van der Waals surface area contributed by atoms with Gasteiger partial charge in [0.2, 0.25) is 15.9 Å². The maximum absolute atomic E-state index is 12.8. The van der Waals surface area contributed by atoms with E-state index >= 15 is 0 Å². The monoisotopic (exact) mass is 396 g/mol. The Balaban J connectivity index is 1.35. The molecule has 1 aliphatic heterocycles. The molecule has 5 nitrogen and oxygen atoms in total. The van der Waals surface area contributed by atoms with Crippen LogP contribution in [0.3, 0.4) is 0 Å². The van der Waals surface area contributed by atoms with Gasteiger partial charge in [-0.15, -0.1) is 0 Å². The van der Waals surface area contributed by atoms with Crippen LogP contribution in [0.15, 0.2) is 29.2 Å². The molecule has 0 radical (unpaired) electrons. The minimum Gasteiger partial charge on any atom is -0.340 e. The van der Waals surface area contributed by atoms with Crippen molar-refractivity contribution in [2.75, 3.05) is 26.2 Å². The molecule has 0 aromatic heterocycles. The Bertz CT molecular complexity index is 790. The second kappa shape index (κ2) is 7.13. The Kier molecular flexibility index (Phi) is 5.01. The Labute approximate surface area is 160 Å². The summed E-state index contributed by atoms with van der Waals surface area (Å²) in [5, 5.41) is 0.238. The Morgan fingerprint density at radius 1 is 1.08 bits per heavy atom. The van der Waals surface area contributed by atoms with Crippen molar-refractivity contribution in [1.29, 1.82) is 0 Å². The van der Waals surface area contributed by atoms with Gasteiger partial charge in [0.15, 0.2) is 0 Å². The van der Waals surface area contributed by atoms with E-state index in [1.165, 1.54) is 36.1 Å². The Morgan fingerprint density at radius 2 is 1.81 bits per heavy atom. The second-order valence-corrected chi connectivity index (χ2v) is 10.2. The van der Waals surface area contributed by atoms with Crippen molar-refractivity contribution in [3.63, 3.8) is 0 Å². The van der Waals surface area contributed by atoms with Crippen LogP contribution >= 0.6 is 11.6 Å². The average molecular weight is 397 g/mol. The van der Waals surface area contributed by atoms with Gasteiger partial charge in [0.1, 0.15) is 4.90 Å². The molecule has 2 aliphatic carbocycles. The number of nitrogens with zero attached hydrogens (tertiary/aromatic N) is 2. The SMILES string of the molecule is O=C(C[C@H]1C[C@@H]2CC[C@@H]1C2)N1CCN(S(=O)(=O)c2ccccc2Cl)CC1. The minimum absolute atomic E-state index is 0.142. The second-order valence-electron chi connectivity index (χ2n) is 7.85. The highest BCUT2D eigenvalue weighted by Gasteiger charge is 2.41. The quantitative estimate of drug-likeness (QED) is 0.786. The van der Waals surface area contributed by atoms with E-state index in [1.807, 2.05) is 4.90 Å². The van der Waals surface area contributed by atoms with Crippen molar-refractivity contribution in [3.05, 3.63) is 29.3 Å². The van der Waals surface area contributed by atoms with Crippen molar-refractivity contribution >= 4 is 27.5 Å². The Hall–Kier alpha value is -1.11. The number of carbonyl (C=O) groups excluding carboxylic acids is 1. The van der Waals surface area contributed by atoms with Crippen LogP contribution in [0.4, 0.5) is 0 Å². The van der Waals surface area contributed by atoms with Crippen LogP contribution in [0.2, 0.25) is 5.02 Å². The number of amides is 1. The van der Waals surface area contributed by atoms with Crippen molar-refractivity contribution < 1.29 is 13.2 Å². The molecule has 2 saturated carbocycles. The first-order valence-corrected chi connectivity index (χ1v) is 11.3. The summed E-state index contributed by atoms with van der Waals surface area (Å²) in [7, 11) is -3.61. The fourth-order valence-corrected chi connectivity index (χ4v) is 6.87. The molecule has 1 saturated heterocycles. The zero-order valence-corrected chi connectivity index (χ0v) is 16.4. The number of hydrogen-bond donors (Lipinski definition) is 0. The summed E-state index contributed by atoms with van der Waals surface area (Å²) >= 11 is 6.06. The number of halogens is 1. The number of piperazine rings is 1. The van der Waals surface area contributed by atoms with Crippen LogP contribution < -0.4 is 0 Å². The van der Waals surface area contributed by atoms with Gasteiger partial charge in [-0.2, -0.15) is 4.31 Å². The third kappa shape index (κ3) is 3.39. The predicted molar refractivity (Wildman–Crippen MR) is 100 cm³/mol. The van der Waals surface area contributed by atoms with Gasteiger partial charge in [-0.25, -0.2) is 8.42 Å². The molecule has 1 heterocycles.